The first kappa shape index (κ1) is 21.1. The van der Waals surface area contributed by atoms with Crippen molar-refractivity contribution in [2.45, 2.75) is 46.1 Å². The van der Waals surface area contributed by atoms with Crippen molar-refractivity contribution >= 4 is 26.7 Å². The molecule has 0 saturated heterocycles. The van der Waals surface area contributed by atoms with Crippen molar-refractivity contribution in [1.82, 2.24) is 9.55 Å². The third kappa shape index (κ3) is 3.83. The lowest BCUT2D eigenvalue weighted by atomic mass is 9.95. The van der Waals surface area contributed by atoms with Gasteiger partial charge < -0.3 is 4.57 Å². The Morgan fingerprint density at radius 1 is 0.839 bits per heavy atom. The van der Waals surface area contributed by atoms with E-state index in [2.05, 4.69) is 26.4 Å². The Hall–Kier alpha value is -3.12. The van der Waals surface area contributed by atoms with Crippen LogP contribution >= 0.6 is 0 Å². The highest BCUT2D eigenvalue weighted by Crippen LogP contribution is 2.31. The second-order valence-corrected chi connectivity index (χ2v) is 9.74. The van der Waals surface area contributed by atoms with E-state index in [-0.39, 0.29) is 0 Å². The van der Waals surface area contributed by atoms with Crippen LogP contribution in [-0.4, -0.2) is 18.0 Å². The van der Waals surface area contributed by atoms with Crippen molar-refractivity contribution in [2.24, 2.45) is 0 Å². The molecular weight excluding hydrogens is 406 g/mol. The summed E-state index contributed by atoms with van der Waals surface area (Å²) < 4.78 is 31.4. The first-order valence-electron chi connectivity index (χ1n) is 10.3. The summed E-state index contributed by atoms with van der Waals surface area (Å²) in [5.41, 5.74) is 8.15. The average Bonchev–Trinajstić information content (AvgIpc) is 3.13. The van der Waals surface area contributed by atoms with Gasteiger partial charge in [0.2, 0.25) is 0 Å². The minimum atomic E-state index is -3.73. The Balaban J connectivity index is 1.68. The summed E-state index contributed by atoms with van der Waals surface area (Å²) >= 11 is 0. The van der Waals surface area contributed by atoms with Crippen molar-refractivity contribution in [3.63, 3.8) is 0 Å². The van der Waals surface area contributed by atoms with Crippen molar-refractivity contribution in [1.29, 1.82) is 0 Å². The summed E-state index contributed by atoms with van der Waals surface area (Å²) in [6, 6.07) is 15.7. The molecule has 160 valence electrons. The van der Waals surface area contributed by atoms with Gasteiger partial charge in [0.05, 0.1) is 27.9 Å². The van der Waals surface area contributed by atoms with Crippen LogP contribution in [0.4, 0.5) is 5.69 Å². The van der Waals surface area contributed by atoms with Gasteiger partial charge in [-0.2, -0.15) is 0 Å². The van der Waals surface area contributed by atoms with Crippen LogP contribution in [0, 0.1) is 34.6 Å². The van der Waals surface area contributed by atoms with Gasteiger partial charge >= 0.3 is 0 Å². The second kappa shape index (κ2) is 7.85. The van der Waals surface area contributed by atoms with Crippen molar-refractivity contribution in [2.75, 3.05) is 4.72 Å². The number of nitrogens with zero attached hydrogens (tertiary/aromatic N) is 2. The summed E-state index contributed by atoms with van der Waals surface area (Å²) in [6.07, 6.45) is 1.79. The van der Waals surface area contributed by atoms with E-state index in [4.69, 9.17) is 0 Å². The second-order valence-electron chi connectivity index (χ2n) is 8.12. The summed E-state index contributed by atoms with van der Waals surface area (Å²) in [7, 11) is -3.73. The monoisotopic (exact) mass is 433 g/mol. The van der Waals surface area contributed by atoms with E-state index in [1.165, 1.54) is 5.56 Å². The molecule has 1 N–H and O–H groups in total. The largest absolute Gasteiger partial charge is 0.326 e. The topological polar surface area (TPSA) is 64.0 Å². The normalized spacial score (nSPS) is 11.8. The summed E-state index contributed by atoms with van der Waals surface area (Å²) in [5, 5.41) is 0. The molecule has 4 rings (SSSR count). The SMILES string of the molecule is Cc1c(C)c(C)c(S(=O)(=O)Nc2ccc3c(c2)ncn3Cc2ccccc2)c(C)c1C. The maximum atomic E-state index is 13.3. The number of anilines is 1. The molecule has 0 amide bonds. The molecule has 0 radical (unpaired) electrons. The molecule has 0 aliphatic rings. The highest BCUT2D eigenvalue weighted by Gasteiger charge is 2.24. The Kier molecular flexibility index (Phi) is 5.35. The van der Waals surface area contributed by atoms with E-state index in [9.17, 15) is 8.42 Å². The van der Waals surface area contributed by atoms with Crippen LogP contribution in [-0.2, 0) is 16.6 Å². The molecule has 0 aliphatic heterocycles. The summed E-state index contributed by atoms with van der Waals surface area (Å²) in [5.74, 6) is 0. The molecule has 0 aliphatic carbocycles. The van der Waals surface area contributed by atoms with Crippen LogP contribution in [0.1, 0.15) is 33.4 Å². The van der Waals surface area contributed by atoms with Crippen LogP contribution in [0.15, 0.2) is 59.8 Å². The Morgan fingerprint density at radius 3 is 2.10 bits per heavy atom. The van der Waals surface area contributed by atoms with Gasteiger partial charge in [0.1, 0.15) is 0 Å². The lowest BCUT2D eigenvalue weighted by molar-refractivity contribution is 0.599. The fraction of sp³-hybridized carbons (Fsp3) is 0.240. The van der Waals surface area contributed by atoms with Gasteiger partial charge in [-0.25, -0.2) is 13.4 Å². The number of rotatable bonds is 5. The molecule has 5 nitrogen and oxygen atoms in total. The van der Waals surface area contributed by atoms with Gasteiger partial charge in [0.15, 0.2) is 0 Å². The van der Waals surface area contributed by atoms with Gasteiger partial charge in [-0.1, -0.05) is 30.3 Å². The first-order chi connectivity index (χ1) is 14.7. The number of nitrogens with one attached hydrogen (secondary N) is 1. The lowest BCUT2D eigenvalue weighted by Gasteiger charge is -2.19. The number of sulfonamides is 1. The molecule has 0 fully saturated rings. The fourth-order valence-electron chi connectivity index (χ4n) is 4.11. The average molecular weight is 434 g/mol. The number of imidazole rings is 1. The number of hydrogen-bond donors (Lipinski definition) is 1. The number of benzene rings is 3. The maximum Gasteiger partial charge on any atom is 0.262 e. The van der Waals surface area contributed by atoms with Crippen molar-refractivity contribution in [3.05, 3.63) is 88.2 Å². The first-order valence-corrected chi connectivity index (χ1v) is 11.8. The van der Waals surface area contributed by atoms with Gasteiger partial charge in [0.25, 0.3) is 10.0 Å². The van der Waals surface area contributed by atoms with E-state index < -0.39 is 10.0 Å². The summed E-state index contributed by atoms with van der Waals surface area (Å²) in [6.45, 7) is 10.4. The molecule has 6 heteroatoms. The molecule has 31 heavy (non-hydrogen) atoms. The molecule has 0 unspecified atom stereocenters. The molecule has 0 saturated carbocycles. The predicted molar refractivity (Wildman–Crippen MR) is 126 cm³/mol. The highest BCUT2D eigenvalue weighted by atomic mass is 32.2. The Morgan fingerprint density at radius 2 is 1.45 bits per heavy atom. The van der Waals surface area contributed by atoms with Crippen LogP contribution < -0.4 is 4.72 Å². The van der Waals surface area contributed by atoms with Gasteiger partial charge in [-0.05, 0) is 86.2 Å². The quantitative estimate of drug-likeness (QED) is 0.457. The van der Waals surface area contributed by atoms with Crippen LogP contribution in [0.5, 0.6) is 0 Å². The van der Waals surface area contributed by atoms with E-state index in [0.717, 1.165) is 38.9 Å². The van der Waals surface area contributed by atoms with Gasteiger partial charge in [-0.15, -0.1) is 0 Å². The molecule has 1 aromatic heterocycles. The Labute approximate surface area is 183 Å². The lowest BCUT2D eigenvalue weighted by Crippen LogP contribution is -2.17. The Bertz CT molecular complexity index is 1360. The number of fused-ring (bicyclic) bond motifs is 1. The molecule has 0 spiro atoms. The molecule has 0 atom stereocenters. The fourth-order valence-corrected chi connectivity index (χ4v) is 5.76. The standard InChI is InChI=1S/C25H27N3O2S/c1-16-17(2)19(4)25(20(5)18(16)3)31(29,30)27-22-11-12-24-23(13-22)26-15-28(24)14-21-9-7-6-8-10-21/h6-13,15,27H,14H2,1-5H3. The zero-order chi connectivity index (χ0) is 22.3. The van der Waals surface area contributed by atoms with E-state index in [1.54, 1.807) is 18.5 Å². The molecule has 1 heterocycles. The predicted octanol–water partition coefficient (Wildman–Crippen LogP) is 5.43. The molecule has 4 aromatic rings. The zero-order valence-corrected chi connectivity index (χ0v) is 19.3. The molecular formula is C25H27N3O2S. The minimum absolute atomic E-state index is 0.364. The van der Waals surface area contributed by atoms with Crippen LogP contribution in [0.3, 0.4) is 0 Å². The number of hydrogen-bond acceptors (Lipinski definition) is 3. The zero-order valence-electron chi connectivity index (χ0n) is 18.5. The van der Waals surface area contributed by atoms with Crippen LogP contribution in [0.2, 0.25) is 0 Å². The third-order valence-electron chi connectivity index (χ3n) is 6.27. The minimum Gasteiger partial charge on any atom is -0.326 e. The van der Waals surface area contributed by atoms with E-state index >= 15 is 0 Å². The third-order valence-corrected chi connectivity index (χ3v) is 7.92. The maximum absolute atomic E-state index is 13.3. The smallest absolute Gasteiger partial charge is 0.262 e. The van der Waals surface area contributed by atoms with Gasteiger partial charge in [0, 0.05) is 6.54 Å². The highest BCUT2D eigenvalue weighted by molar-refractivity contribution is 7.92. The van der Waals surface area contributed by atoms with E-state index in [0.29, 0.717) is 17.1 Å². The number of aromatic nitrogens is 2. The van der Waals surface area contributed by atoms with Gasteiger partial charge in [-0.3, -0.25) is 4.72 Å². The van der Waals surface area contributed by atoms with Crippen molar-refractivity contribution in [3.8, 4) is 0 Å². The summed E-state index contributed by atoms with van der Waals surface area (Å²) in [4.78, 5) is 4.85. The van der Waals surface area contributed by atoms with E-state index in [1.807, 2.05) is 58.9 Å². The van der Waals surface area contributed by atoms with Crippen LogP contribution in [0.25, 0.3) is 11.0 Å². The van der Waals surface area contributed by atoms with Crippen molar-refractivity contribution < 1.29 is 8.42 Å². The molecule has 0 bridgehead atoms. The molecule has 3 aromatic carbocycles.